The van der Waals surface area contributed by atoms with Gasteiger partial charge in [-0.2, -0.15) is 0 Å². The van der Waals surface area contributed by atoms with Gasteiger partial charge >= 0.3 is 0 Å². The lowest BCUT2D eigenvalue weighted by Crippen LogP contribution is -2.49. The van der Waals surface area contributed by atoms with Gasteiger partial charge in [-0.25, -0.2) is 0 Å². The van der Waals surface area contributed by atoms with Crippen LogP contribution in [0.25, 0.3) is 10.8 Å². The fourth-order valence-corrected chi connectivity index (χ4v) is 3.09. The van der Waals surface area contributed by atoms with Crippen molar-refractivity contribution in [2.75, 3.05) is 39.8 Å². The Morgan fingerprint density at radius 2 is 1.83 bits per heavy atom. The quantitative estimate of drug-likeness (QED) is 0.923. The molecule has 2 aromatic rings. The molecule has 0 spiro atoms. The highest BCUT2D eigenvalue weighted by atomic mass is 35.5. The molecule has 130 valence electrons. The molecule has 24 heavy (non-hydrogen) atoms. The fourth-order valence-electron chi connectivity index (χ4n) is 3.09. The molecular formula is C19H26ClN3O. The Kier molecular flexibility index (Phi) is 6.60. The molecule has 1 unspecified atom stereocenters. The summed E-state index contributed by atoms with van der Waals surface area (Å²) >= 11 is 0. The van der Waals surface area contributed by atoms with Crippen LogP contribution in [0.4, 0.5) is 0 Å². The van der Waals surface area contributed by atoms with Crippen molar-refractivity contribution in [3.8, 4) is 0 Å². The summed E-state index contributed by atoms with van der Waals surface area (Å²) in [6.07, 6.45) is 0. The maximum absolute atomic E-state index is 12.4. The lowest BCUT2D eigenvalue weighted by Gasteiger charge is -2.31. The van der Waals surface area contributed by atoms with Gasteiger partial charge in [0.2, 0.25) is 5.91 Å². The minimum Gasteiger partial charge on any atom is -0.339 e. The number of carbonyl (C=O) groups excluding carboxylic acids is 1. The number of fused-ring (bicyclic) bond motifs is 1. The number of likely N-dealkylation sites (N-methyl/N-ethyl adjacent to an activating group) is 1. The number of rotatable bonds is 4. The third kappa shape index (κ3) is 4.26. The molecule has 0 bridgehead atoms. The van der Waals surface area contributed by atoms with Crippen molar-refractivity contribution in [1.82, 2.24) is 15.1 Å². The van der Waals surface area contributed by atoms with E-state index < -0.39 is 0 Å². The van der Waals surface area contributed by atoms with Gasteiger partial charge in [-0.05, 0) is 36.4 Å². The summed E-state index contributed by atoms with van der Waals surface area (Å²) in [5.74, 6) is 0.224. The number of nitrogens with zero attached hydrogens (tertiary/aromatic N) is 2. The van der Waals surface area contributed by atoms with Crippen LogP contribution in [0.15, 0.2) is 42.5 Å². The van der Waals surface area contributed by atoms with E-state index in [0.717, 1.165) is 26.2 Å². The molecule has 2 aromatic carbocycles. The molecular weight excluding hydrogens is 322 g/mol. The average Bonchev–Trinajstić information content (AvgIpc) is 2.61. The molecule has 1 atom stereocenters. The Labute approximate surface area is 150 Å². The van der Waals surface area contributed by atoms with Crippen LogP contribution in [-0.4, -0.2) is 55.5 Å². The van der Waals surface area contributed by atoms with E-state index in [2.05, 4.69) is 59.6 Å². The predicted octanol–water partition coefficient (Wildman–Crippen LogP) is 2.69. The van der Waals surface area contributed by atoms with Crippen LogP contribution in [0.2, 0.25) is 0 Å². The SMILES string of the molecule is CC(c1ccc2ccccc2c1)N(C)CC(=O)N1CCNCC1.Cl. The summed E-state index contributed by atoms with van der Waals surface area (Å²) in [4.78, 5) is 16.5. The van der Waals surface area contributed by atoms with Gasteiger partial charge in [-0.1, -0.05) is 36.4 Å². The van der Waals surface area contributed by atoms with E-state index in [1.165, 1.54) is 16.3 Å². The van der Waals surface area contributed by atoms with E-state index in [9.17, 15) is 4.79 Å². The number of nitrogens with one attached hydrogen (secondary N) is 1. The zero-order valence-corrected chi connectivity index (χ0v) is 15.2. The number of halogens is 1. The van der Waals surface area contributed by atoms with Crippen molar-refractivity contribution in [2.24, 2.45) is 0 Å². The Bertz CT molecular complexity index is 685. The molecule has 0 radical (unpaired) electrons. The number of hydrogen-bond donors (Lipinski definition) is 1. The van der Waals surface area contributed by atoms with E-state index in [0.29, 0.717) is 6.54 Å². The van der Waals surface area contributed by atoms with Crippen molar-refractivity contribution in [2.45, 2.75) is 13.0 Å². The summed E-state index contributed by atoms with van der Waals surface area (Å²) in [5, 5.41) is 5.78. The van der Waals surface area contributed by atoms with Crippen LogP contribution in [0.5, 0.6) is 0 Å². The van der Waals surface area contributed by atoms with E-state index in [-0.39, 0.29) is 24.4 Å². The van der Waals surface area contributed by atoms with Crippen LogP contribution >= 0.6 is 12.4 Å². The second-order valence-electron chi connectivity index (χ2n) is 6.33. The van der Waals surface area contributed by atoms with Gasteiger partial charge in [0, 0.05) is 32.2 Å². The Balaban J connectivity index is 0.00000208. The number of hydrogen-bond acceptors (Lipinski definition) is 3. The number of piperazine rings is 1. The summed E-state index contributed by atoms with van der Waals surface area (Å²) < 4.78 is 0. The fraction of sp³-hybridized carbons (Fsp3) is 0.421. The summed E-state index contributed by atoms with van der Waals surface area (Å²) in [5.41, 5.74) is 1.25. The molecule has 1 N–H and O–H groups in total. The molecule has 1 fully saturated rings. The molecule has 1 aliphatic rings. The van der Waals surface area contributed by atoms with Gasteiger partial charge in [-0.3, -0.25) is 9.69 Å². The largest absolute Gasteiger partial charge is 0.339 e. The van der Waals surface area contributed by atoms with Crippen LogP contribution in [0.3, 0.4) is 0 Å². The smallest absolute Gasteiger partial charge is 0.236 e. The van der Waals surface area contributed by atoms with Crippen LogP contribution < -0.4 is 5.32 Å². The minimum atomic E-state index is 0. The van der Waals surface area contributed by atoms with Crippen molar-refractivity contribution >= 4 is 29.1 Å². The van der Waals surface area contributed by atoms with Gasteiger partial charge < -0.3 is 10.2 Å². The third-order valence-electron chi connectivity index (χ3n) is 4.77. The maximum Gasteiger partial charge on any atom is 0.236 e. The third-order valence-corrected chi connectivity index (χ3v) is 4.77. The number of amides is 1. The first kappa shape index (κ1) is 18.7. The predicted molar refractivity (Wildman–Crippen MR) is 102 cm³/mol. The van der Waals surface area contributed by atoms with Crippen LogP contribution in [0, 0.1) is 0 Å². The molecule has 1 heterocycles. The zero-order valence-electron chi connectivity index (χ0n) is 14.4. The van der Waals surface area contributed by atoms with Crippen molar-refractivity contribution in [3.63, 3.8) is 0 Å². The first-order chi connectivity index (χ1) is 11.1. The molecule has 0 saturated carbocycles. The molecule has 5 heteroatoms. The van der Waals surface area contributed by atoms with Gasteiger partial charge in [0.15, 0.2) is 0 Å². The first-order valence-corrected chi connectivity index (χ1v) is 8.32. The van der Waals surface area contributed by atoms with E-state index >= 15 is 0 Å². The summed E-state index contributed by atoms with van der Waals surface area (Å²) in [6, 6.07) is 15.2. The topological polar surface area (TPSA) is 35.6 Å². The highest BCUT2D eigenvalue weighted by Crippen LogP contribution is 2.23. The minimum absolute atomic E-state index is 0. The molecule has 0 aromatic heterocycles. The molecule has 4 nitrogen and oxygen atoms in total. The highest BCUT2D eigenvalue weighted by Gasteiger charge is 2.20. The van der Waals surface area contributed by atoms with E-state index in [1.54, 1.807) is 0 Å². The summed E-state index contributed by atoms with van der Waals surface area (Å²) in [6.45, 7) is 6.06. The zero-order chi connectivity index (χ0) is 16.2. The van der Waals surface area contributed by atoms with Crippen molar-refractivity contribution in [3.05, 3.63) is 48.0 Å². The van der Waals surface area contributed by atoms with Crippen molar-refractivity contribution < 1.29 is 4.79 Å². The second-order valence-corrected chi connectivity index (χ2v) is 6.33. The molecule has 1 aliphatic heterocycles. The molecule has 0 aliphatic carbocycles. The molecule has 3 rings (SSSR count). The van der Waals surface area contributed by atoms with Gasteiger partial charge in [0.1, 0.15) is 0 Å². The molecule has 1 amide bonds. The Morgan fingerprint density at radius 3 is 2.54 bits per heavy atom. The van der Waals surface area contributed by atoms with Crippen LogP contribution in [-0.2, 0) is 4.79 Å². The van der Waals surface area contributed by atoms with Gasteiger partial charge in [0.05, 0.1) is 6.54 Å². The normalized spacial score (nSPS) is 16.0. The van der Waals surface area contributed by atoms with Crippen LogP contribution in [0.1, 0.15) is 18.5 Å². The maximum atomic E-state index is 12.4. The monoisotopic (exact) mass is 347 g/mol. The van der Waals surface area contributed by atoms with E-state index in [4.69, 9.17) is 0 Å². The van der Waals surface area contributed by atoms with E-state index in [1.807, 2.05) is 11.9 Å². The number of benzene rings is 2. The van der Waals surface area contributed by atoms with Gasteiger partial charge in [0.25, 0.3) is 0 Å². The Hall–Kier alpha value is -1.62. The summed E-state index contributed by atoms with van der Waals surface area (Å²) in [7, 11) is 2.03. The van der Waals surface area contributed by atoms with Crippen molar-refractivity contribution in [1.29, 1.82) is 0 Å². The Morgan fingerprint density at radius 1 is 1.17 bits per heavy atom. The average molecular weight is 348 g/mol. The lowest BCUT2D eigenvalue weighted by atomic mass is 10.0. The number of carbonyl (C=O) groups is 1. The highest BCUT2D eigenvalue weighted by molar-refractivity contribution is 5.85. The lowest BCUT2D eigenvalue weighted by molar-refractivity contribution is -0.133. The first-order valence-electron chi connectivity index (χ1n) is 8.32. The second kappa shape index (κ2) is 8.47. The molecule has 1 saturated heterocycles. The standard InChI is InChI=1S/C19H25N3O.ClH/c1-15(17-8-7-16-5-3-4-6-18(16)13-17)21(2)14-19(23)22-11-9-20-10-12-22;/h3-8,13,15,20H,9-12,14H2,1-2H3;1H. The van der Waals surface area contributed by atoms with Gasteiger partial charge in [-0.15, -0.1) is 12.4 Å².